The zero-order chi connectivity index (χ0) is 22.2. The minimum Gasteiger partial charge on any atom is -0.379 e. The first kappa shape index (κ1) is 23.5. The van der Waals surface area contributed by atoms with Gasteiger partial charge in [-0.05, 0) is 44.6 Å². The van der Waals surface area contributed by atoms with Crippen LogP contribution in [0, 0.1) is 5.92 Å². The van der Waals surface area contributed by atoms with Crippen molar-refractivity contribution in [2.24, 2.45) is 10.9 Å². The molecule has 0 bridgehead atoms. The minimum atomic E-state index is 0.114. The Balaban J connectivity index is 1.37. The number of nitrogens with one attached hydrogen (secondary N) is 2. The molecule has 3 fully saturated rings. The second kappa shape index (κ2) is 11.5. The minimum absolute atomic E-state index is 0.114. The van der Waals surface area contributed by atoms with Crippen molar-refractivity contribution in [1.29, 1.82) is 0 Å². The molecule has 32 heavy (non-hydrogen) atoms. The molecule has 0 radical (unpaired) electrons. The number of hydrogen-bond acceptors (Lipinski definition) is 4. The number of nitrogens with zero attached hydrogens (tertiary/aromatic N) is 3. The number of ether oxygens (including phenoxy) is 1. The molecule has 0 amide bonds. The summed E-state index contributed by atoms with van der Waals surface area (Å²) in [5.41, 5.74) is 1.48. The first-order chi connectivity index (χ1) is 15.7. The van der Waals surface area contributed by atoms with Crippen molar-refractivity contribution in [1.82, 2.24) is 20.4 Å². The highest BCUT2D eigenvalue weighted by molar-refractivity contribution is 5.80. The molecular weight excluding hydrogens is 398 g/mol. The first-order valence-electron chi connectivity index (χ1n) is 12.8. The number of morpholine rings is 1. The highest BCUT2D eigenvalue weighted by Crippen LogP contribution is 2.33. The molecule has 2 N–H and O–H groups in total. The van der Waals surface area contributed by atoms with E-state index in [1.807, 2.05) is 0 Å². The molecule has 6 heteroatoms. The van der Waals surface area contributed by atoms with E-state index in [9.17, 15) is 0 Å². The Morgan fingerprint density at radius 3 is 2.62 bits per heavy atom. The maximum absolute atomic E-state index is 5.51. The summed E-state index contributed by atoms with van der Waals surface area (Å²) in [5, 5.41) is 7.58. The predicted molar refractivity (Wildman–Crippen MR) is 132 cm³/mol. The molecule has 6 nitrogen and oxygen atoms in total. The Morgan fingerprint density at radius 1 is 1.16 bits per heavy atom. The molecule has 1 aromatic carbocycles. The molecule has 178 valence electrons. The third-order valence-corrected chi connectivity index (χ3v) is 7.45. The van der Waals surface area contributed by atoms with E-state index < -0.39 is 0 Å². The second-order valence-electron chi connectivity index (χ2n) is 9.95. The molecule has 2 aliphatic heterocycles. The Bertz CT molecular complexity index is 712. The fourth-order valence-corrected chi connectivity index (χ4v) is 5.66. The van der Waals surface area contributed by atoms with Crippen molar-refractivity contribution in [3.8, 4) is 0 Å². The van der Waals surface area contributed by atoms with Crippen LogP contribution in [0.15, 0.2) is 35.3 Å². The second-order valence-corrected chi connectivity index (χ2v) is 9.95. The van der Waals surface area contributed by atoms with Crippen LogP contribution in [0.3, 0.4) is 0 Å². The van der Waals surface area contributed by atoms with Gasteiger partial charge in [-0.15, -0.1) is 0 Å². The number of guanidine groups is 1. The fraction of sp³-hybridized carbons (Fsp3) is 0.731. The van der Waals surface area contributed by atoms with Gasteiger partial charge in [0.05, 0.1) is 19.8 Å². The zero-order valence-corrected chi connectivity index (χ0v) is 20.2. The van der Waals surface area contributed by atoms with Gasteiger partial charge in [-0.1, -0.05) is 43.2 Å². The van der Waals surface area contributed by atoms with Gasteiger partial charge in [0.15, 0.2) is 5.96 Å². The largest absolute Gasteiger partial charge is 0.379 e. The molecule has 1 aliphatic carbocycles. The number of aliphatic imine (C=N–C) groups is 1. The highest BCUT2D eigenvalue weighted by atomic mass is 16.5. The molecule has 0 aromatic heterocycles. The Hall–Kier alpha value is -1.63. The van der Waals surface area contributed by atoms with Crippen LogP contribution in [-0.4, -0.2) is 80.3 Å². The van der Waals surface area contributed by atoms with Gasteiger partial charge in [0, 0.05) is 50.8 Å². The summed E-state index contributed by atoms with van der Waals surface area (Å²) >= 11 is 0. The van der Waals surface area contributed by atoms with Gasteiger partial charge in [0.2, 0.25) is 0 Å². The van der Waals surface area contributed by atoms with Crippen LogP contribution in [0.4, 0.5) is 0 Å². The molecule has 3 aliphatic rings. The van der Waals surface area contributed by atoms with Crippen molar-refractivity contribution >= 4 is 5.96 Å². The molecule has 1 saturated carbocycles. The maximum Gasteiger partial charge on any atom is 0.193 e. The molecule has 2 heterocycles. The topological polar surface area (TPSA) is 52.1 Å². The monoisotopic (exact) mass is 441 g/mol. The summed E-state index contributed by atoms with van der Waals surface area (Å²) in [7, 11) is 0. The average Bonchev–Trinajstić information content (AvgIpc) is 3.48. The molecule has 2 atom stereocenters. The molecule has 0 spiro atoms. The lowest BCUT2D eigenvalue weighted by molar-refractivity contribution is 0.0315. The van der Waals surface area contributed by atoms with Crippen molar-refractivity contribution in [3.63, 3.8) is 0 Å². The van der Waals surface area contributed by atoms with E-state index in [0.29, 0.717) is 6.04 Å². The predicted octanol–water partition coefficient (Wildman–Crippen LogP) is 3.27. The maximum atomic E-state index is 5.51. The SMILES string of the molecule is CCNC(=NCC1(NC(C)c2ccccc2)CCCC1)N1CCC(CN2CCOCC2)C1. The third kappa shape index (κ3) is 6.24. The van der Waals surface area contributed by atoms with Gasteiger partial charge in [-0.2, -0.15) is 0 Å². The van der Waals surface area contributed by atoms with Crippen LogP contribution < -0.4 is 10.6 Å². The van der Waals surface area contributed by atoms with Crippen LogP contribution in [0.1, 0.15) is 57.6 Å². The van der Waals surface area contributed by atoms with E-state index in [1.165, 1.54) is 44.2 Å². The van der Waals surface area contributed by atoms with E-state index in [-0.39, 0.29) is 5.54 Å². The molecule has 2 unspecified atom stereocenters. The van der Waals surface area contributed by atoms with Gasteiger partial charge < -0.3 is 20.3 Å². The lowest BCUT2D eigenvalue weighted by atomic mass is 9.95. The van der Waals surface area contributed by atoms with Gasteiger partial charge >= 0.3 is 0 Å². The molecule has 1 aromatic rings. The summed E-state index contributed by atoms with van der Waals surface area (Å²) in [6, 6.07) is 11.2. The smallest absolute Gasteiger partial charge is 0.193 e. The van der Waals surface area contributed by atoms with Crippen LogP contribution in [0.5, 0.6) is 0 Å². The van der Waals surface area contributed by atoms with Gasteiger partial charge in [0.25, 0.3) is 0 Å². The van der Waals surface area contributed by atoms with E-state index in [0.717, 1.165) is 64.4 Å². The summed E-state index contributed by atoms with van der Waals surface area (Å²) < 4.78 is 5.51. The fourth-order valence-electron chi connectivity index (χ4n) is 5.66. The van der Waals surface area contributed by atoms with Crippen LogP contribution >= 0.6 is 0 Å². The third-order valence-electron chi connectivity index (χ3n) is 7.45. The Labute approximate surface area is 194 Å². The van der Waals surface area contributed by atoms with Crippen molar-refractivity contribution in [2.75, 3.05) is 59.0 Å². The normalized spacial score (nSPS) is 25.2. The van der Waals surface area contributed by atoms with E-state index in [2.05, 4.69) is 64.6 Å². The van der Waals surface area contributed by atoms with Crippen molar-refractivity contribution in [2.45, 2.75) is 57.5 Å². The van der Waals surface area contributed by atoms with Crippen molar-refractivity contribution < 1.29 is 4.74 Å². The standard InChI is InChI=1S/C26H43N5O/c1-3-27-25(31-14-11-23(20-31)19-30-15-17-32-18-16-30)28-21-26(12-7-8-13-26)29-22(2)24-9-5-4-6-10-24/h4-6,9-10,22-23,29H,3,7-8,11-21H2,1-2H3,(H,27,28). The van der Waals surface area contributed by atoms with Gasteiger partial charge in [0.1, 0.15) is 0 Å². The van der Waals surface area contributed by atoms with Crippen LogP contribution in [-0.2, 0) is 4.74 Å². The first-order valence-corrected chi connectivity index (χ1v) is 12.8. The number of benzene rings is 1. The van der Waals surface area contributed by atoms with E-state index >= 15 is 0 Å². The summed E-state index contributed by atoms with van der Waals surface area (Å²) in [5.74, 6) is 1.84. The lowest BCUT2D eigenvalue weighted by Crippen LogP contribution is -2.48. The van der Waals surface area contributed by atoms with Crippen LogP contribution in [0.2, 0.25) is 0 Å². The lowest BCUT2D eigenvalue weighted by Gasteiger charge is -2.33. The summed E-state index contributed by atoms with van der Waals surface area (Å²) in [4.78, 5) is 10.3. The Morgan fingerprint density at radius 2 is 1.91 bits per heavy atom. The average molecular weight is 442 g/mol. The quantitative estimate of drug-likeness (QED) is 0.479. The molecule has 4 rings (SSSR count). The summed E-state index contributed by atoms with van der Waals surface area (Å²) in [6.45, 7) is 13.6. The zero-order valence-electron chi connectivity index (χ0n) is 20.2. The highest BCUT2D eigenvalue weighted by Gasteiger charge is 2.35. The van der Waals surface area contributed by atoms with Crippen molar-refractivity contribution in [3.05, 3.63) is 35.9 Å². The van der Waals surface area contributed by atoms with E-state index in [4.69, 9.17) is 9.73 Å². The number of rotatable bonds is 8. The van der Waals surface area contributed by atoms with Crippen LogP contribution in [0.25, 0.3) is 0 Å². The van der Waals surface area contributed by atoms with Gasteiger partial charge in [-0.25, -0.2) is 0 Å². The van der Waals surface area contributed by atoms with E-state index in [1.54, 1.807) is 0 Å². The molecular formula is C26H43N5O. The summed E-state index contributed by atoms with van der Waals surface area (Å²) in [6.07, 6.45) is 6.29. The number of hydrogen-bond donors (Lipinski definition) is 2. The van der Waals surface area contributed by atoms with Gasteiger partial charge in [-0.3, -0.25) is 9.89 Å². The molecule has 2 saturated heterocycles. The Kier molecular flexibility index (Phi) is 8.44. The number of likely N-dealkylation sites (tertiary alicyclic amines) is 1.